The Labute approximate surface area is 139 Å². The average molecular weight is 312 g/mol. The van der Waals surface area contributed by atoms with Crippen LogP contribution in [0.4, 0.5) is 0 Å². The van der Waals surface area contributed by atoms with Crippen LogP contribution in [0.2, 0.25) is 0 Å². The number of rotatable bonds is 5. The first-order valence-electron chi connectivity index (χ1n) is 9.07. The minimum atomic E-state index is 0.881. The predicted octanol–water partition coefficient (Wildman–Crippen LogP) is 3.03. The van der Waals surface area contributed by atoms with Crippen molar-refractivity contribution in [1.29, 1.82) is 0 Å². The standard InChI is InChI=1S/C20H28N2O/c1-23-20-5-3-2-4-18(20)14-21-8-10-22(11-9-21)15-19-13-16-6-7-17(19)12-16/h2-7,16-17,19H,8-15H2,1H3/t16-,17+,19+/m1/s1. The van der Waals surface area contributed by atoms with Gasteiger partial charge < -0.3 is 9.64 Å². The van der Waals surface area contributed by atoms with Gasteiger partial charge in [0.05, 0.1) is 7.11 Å². The van der Waals surface area contributed by atoms with E-state index in [0.717, 1.165) is 30.0 Å². The number of hydrogen-bond donors (Lipinski definition) is 0. The predicted molar refractivity (Wildman–Crippen MR) is 93.6 cm³/mol. The summed E-state index contributed by atoms with van der Waals surface area (Å²) < 4.78 is 5.48. The molecule has 0 aromatic heterocycles. The molecule has 2 bridgehead atoms. The monoisotopic (exact) mass is 312 g/mol. The fraction of sp³-hybridized carbons (Fsp3) is 0.600. The highest BCUT2D eigenvalue weighted by atomic mass is 16.5. The molecule has 3 nitrogen and oxygen atoms in total. The lowest BCUT2D eigenvalue weighted by Gasteiger charge is -2.37. The number of allylic oxidation sites excluding steroid dienone is 2. The van der Waals surface area contributed by atoms with Gasteiger partial charge in [0, 0.05) is 44.8 Å². The van der Waals surface area contributed by atoms with Crippen molar-refractivity contribution in [2.45, 2.75) is 19.4 Å². The minimum Gasteiger partial charge on any atom is -0.496 e. The number of fused-ring (bicyclic) bond motifs is 2. The van der Waals surface area contributed by atoms with Crippen LogP contribution in [0, 0.1) is 17.8 Å². The summed E-state index contributed by atoms with van der Waals surface area (Å²) in [6, 6.07) is 8.40. The van der Waals surface area contributed by atoms with Gasteiger partial charge >= 0.3 is 0 Å². The van der Waals surface area contributed by atoms with Crippen molar-refractivity contribution in [3.05, 3.63) is 42.0 Å². The van der Waals surface area contributed by atoms with E-state index >= 15 is 0 Å². The van der Waals surface area contributed by atoms with Crippen molar-refractivity contribution in [3.8, 4) is 5.75 Å². The number of methoxy groups -OCH3 is 1. The summed E-state index contributed by atoms with van der Waals surface area (Å²) in [4.78, 5) is 5.26. The average Bonchev–Trinajstić information content (AvgIpc) is 3.20. The third-order valence-electron chi connectivity index (χ3n) is 5.96. The molecule has 0 spiro atoms. The molecule has 1 aromatic carbocycles. The second-order valence-electron chi connectivity index (χ2n) is 7.43. The van der Waals surface area contributed by atoms with E-state index < -0.39 is 0 Å². The smallest absolute Gasteiger partial charge is 0.123 e. The Balaban J connectivity index is 1.27. The number of para-hydroxylation sites is 1. The first-order valence-corrected chi connectivity index (χ1v) is 9.07. The summed E-state index contributed by atoms with van der Waals surface area (Å²) in [6.07, 6.45) is 7.80. The number of hydrogen-bond acceptors (Lipinski definition) is 3. The first-order chi connectivity index (χ1) is 11.3. The molecule has 2 aliphatic carbocycles. The van der Waals surface area contributed by atoms with Crippen LogP contribution in [0.5, 0.6) is 5.75 Å². The Morgan fingerprint density at radius 1 is 1.00 bits per heavy atom. The molecule has 0 radical (unpaired) electrons. The highest BCUT2D eigenvalue weighted by molar-refractivity contribution is 5.33. The molecular formula is C20H28N2O. The number of benzene rings is 1. The van der Waals surface area contributed by atoms with Crippen LogP contribution >= 0.6 is 0 Å². The van der Waals surface area contributed by atoms with Crippen molar-refractivity contribution in [2.75, 3.05) is 39.8 Å². The van der Waals surface area contributed by atoms with Crippen LogP contribution in [-0.4, -0.2) is 49.6 Å². The molecule has 0 unspecified atom stereocenters. The lowest BCUT2D eigenvalue weighted by molar-refractivity contribution is 0.108. The van der Waals surface area contributed by atoms with E-state index in [9.17, 15) is 0 Å². The third-order valence-corrected chi connectivity index (χ3v) is 5.96. The van der Waals surface area contributed by atoms with E-state index in [1.54, 1.807) is 7.11 Å². The Morgan fingerprint density at radius 3 is 2.48 bits per heavy atom. The molecule has 1 heterocycles. The molecule has 4 rings (SSSR count). The second-order valence-corrected chi connectivity index (χ2v) is 7.43. The molecule has 1 saturated carbocycles. The largest absolute Gasteiger partial charge is 0.496 e. The van der Waals surface area contributed by atoms with Gasteiger partial charge in [-0.3, -0.25) is 4.90 Å². The Kier molecular flexibility index (Phi) is 4.41. The third kappa shape index (κ3) is 3.31. The fourth-order valence-electron chi connectivity index (χ4n) is 4.64. The SMILES string of the molecule is COc1ccccc1CN1CCN(C[C@@H]2C[C@@H]3C=C[C@H]2C3)CC1. The minimum absolute atomic E-state index is 0.881. The number of piperazine rings is 1. The van der Waals surface area contributed by atoms with Crippen molar-refractivity contribution in [2.24, 2.45) is 17.8 Å². The Bertz CT molecular complexity index is 563. The van der Waals surface area contributed by atoms with Gasteiger partial charge in [-0.2, -0.15) is 0 Å². The summed E-state index contributed by atoms with van der Waals surface area (Å²) in [5, 5.41) is 0. The lowest BCUT2D eigenvalue weighted by Crippen LogP contribution is -2.47. The van der Waals surface area contributed by atoms with Crippen LogP contribution in [0.15, 0.2) is 36.4 Å². The Hall–Kier alpha value is -1.32. The summed E-state index contributed by atoms with van der Waals surface area (Å²) >= 11 is 0. The first kappa shape index (κ1) is 15.2. The van der Waals surface area contributed by atoms with Crippen molar-refractivity contribution >= 4 is 0 Å². The van der Waals surface area contributed by atoms with Gasteiger partial charge in [-0.05, 0) is 36.7 Å². The number of ether oxygens (including phenoxy) is 1. The molecule has 3 aliphatic rings. The quantitative estimate of drug-likeness (QED) is 0.777. The lowest BCUT2D eigenvalue weighted by atomic mass is 9.93. The zero-order chi connectivity index (χ0) is 15.6. The van der Waals surface area contributed by atoms with Gasteiger partial charge in [-0.1, -0.05) is 30.4 Å². The second kappa shape index (κ2) is 6.66. The van der Waals surface area contributed by atoms with Gasteiger partial charge in [-0.15, -0.1) is 0 Å². The summed E-state index contributed by atoms with van der Waals surface area (Å²) in [6.45, 7) is 7.10. The van der Waals surface area contributed by atoms with Crippen LogP contribution in [0.1, 0.15) is 18.4 Å². The zero-order valence-corrected chi connectivity index (χ0v) is 14.2. The summed E-state index contributed by atoms with van der Waals surface area (Å²) in [7, 11) is 1.76. The molecule has 3 atom stereocenters. The molecule has 1 aromatic rings. The van der Waals surface area contributed by atoms with E-state index in [1.807, 2.05) is 6.07 Å². The van der Waals surface area contributed by atoms with Crippen molar-refractivity contribution in [3.63, 3.8) is 0 Å². The van der Waals surface area contributed by atoms with E-state index in [1.165, 1.54) is 51.1 Å². The van der Waals surface area contributed by atoms with E-state index in [0.29, 0.717) is 0 Å². The van der Waals surface area contributed by atoms with Gasteiger partial charge in [-0.25, -0.2) is 0 Å². The molecule has 23 heavy (non-hydrogen) atoms. The molecule has 2 fully saturated rings. The molecule has 124 valence electrons. The van der Waals surface area contributed by atoms with Crippen molar-refractivity contribution in [1.82, 2.24) is 9.80 Å². The molecule has 1 aliphatic heterocycles. The van der Waals surface area contributed by atoms with Crippen LogP contribution in [0.25, 0.3) is 0 Å². The van der Waals surface area contributed by atoms with Gasteiger partial charge in [0.15, 0.2) is 0 Å². The maximum atomic E-state index is 5.48. The van der Waals surface area contributed by atoms with Gasteiger partial charge in [0.2, 0.25) is 0 Å². The number of nitrogens with zero attached hydrogens (tertiary/aromatic N) is 2. The Morgan fingerprint density at radius 2 is 1.78 bits per heavy atom. The van der Waals surface area contributed by atoms with E-state index in [2.05, 4.69) is 40.2 Å². The van der Waals surface area contributed by atoms with E-state index in [4.69, 9.17) is 4.74 Å². The molecule has 1 saturated heterocycles. The van der Waals surface area contributed by atoms with Gasteiger partial charge in [0.1, 0.15) is 5.75 Å². The highest BCUT2D eigenvalue weighted by Gasteiger charge is 2.36. The fourth-order valence-corrected chi connectivity index (χ4v) is 4.64. The molecule has 3 heteroatoms. The summed E-state index contributed by atoms with van der Waals surface area (Å²) in [5.41, 5.74) is 1.31. The van der Waals surface area contributed by atoms with Crippen molar-refractivity contribution < 1.29 is 4.74 Å². The van der Waals surface area contributed by atoms with Crippen LogP contribution in [0.3, 0.4) is 0 Å². The topological polar surface area (TPSA) is 15.7 Å². The zero-order valence-electron chi connectivity index (χ0n) is 14.2. The van der Waals surface area contributed by atoms with Crippen LogP contribution < -0.4 is 4.74 Å². The highest BCUT2D eigenvalue weighted by Crippen LogP contribution is 2.43. The molecular weight excluding hydrogens is 284 g/mol. The van der Waals surface area contributed by atoms with E-state index in [-0.39, 0.29) is 0 Å². The maximum absolute atomic E-state index is 5.48. The maximum Gasteiger partial charge on any atom is 0.123 e. The van der Waals surface area contributed by atoms with Crippen LogP contribution in [-0.2, 0) is 6.54 Å². The summed E-state index contributed by atoms with van der Waals surface area (Å²) in [5.74, 6) is 3.72. The van der Waals surface area contributed by atoms with Gasteiger partial charge in [0.25, 0.3) is 0 Å². The molecule has 0 N–H and O–H groups in total. The molecule has 0 amide bonds. The normalized spacial score (nSPS) is 30.9.